The van der Waals surface area contributed by atoms with Gasteiger partial charge in [0.1, 0.15) is 25.3 Å². The van der Waals surface area contributed by atoms with Gasteiger partial charge in [-0.3, -0.25) is 19.2 Å². The normalized spacial score (nSPS) is 13.3. The third-order valence-corrected chi connectivity index (χ3v) is 8.35. The van der Waals surface area contributed by atoms with Gasteiger partial charge in [-0.1, -0.05) is 82.3 Å². The molecule has 0 aliphatic heterocycles. The first-order chi connectivity index (χ1) is 21.5. The lowest BCUT2D eigenvalue weighted by Gasteiger charge is -2.20. The number of nitrogens with one attached hydrogen (secondary N) is 2. The van der Waals surface area contributed by atoms with Crippen molar-refractivity contribution in [3.8, 4) is 0 Å². The molecule has 0 spiro atoms. The number of ether oxygens (including phenoxy) is 3. The highest BCUT2D eigenvalue weighted by Crippen LogP contribution is 2.22. The molecule has 0 saturated carbocycles. The molecule has 0 aromatic heterocycles. The van der Waals surface area contributed by atoms with Crippen LogP contribution in [-0.2, 0) is 56.2 Å². The molecule has 4 atom stereocenters. The standard InChI is InChI=1S/C29H36N4O10S2/c1-41-25(36)13-23(29(40)43-15-19-10-6-3-7-11-19)33-27(38)21(31)17-45-44-16-20(30)26(37)32-22(12-24(34)35)28(39)42-14-18-8-4-2-5-9-18/h2-11,20-23H,12-17,30-31H2,1H3,(H,32,37)(H,33,38)(H,34,35). The summed E-state index contributed by atoms with van der Waals surface area (Å²) in [7, 11) is 3.37. The van der Waals surface area contributed by atoms with Crippen LogP contribution in [0.3, 0.4) is 0 Å². The van der Waals surface area contributed by atoms with Crippen LogP contribution in [0.15, 0.2) is 60.7 Å². The fraction of sp³-hybridized carbons (Fsp3) is 0.379. The molecule has 0 aliphatic carbocycles. The van der Waals surface area contributed by atoms with Crippen LogP contribution in [0.5, 0.6) is 0 Å². The van der Waals surface area contributed by atoms with E-state index in [-0.39, 0.29) is 24.7 Å². The number of carboxylic acids is 1. The molecule has 7 N–H and O–H groups in total. The minimum absolute atomic E-state index is 0.0282. The van der Waals surface area contributed by atoms with E-state index >= 15 is 0 Å². The van der Waals surface area contributed by atoms with Gasteiger partial charge in [0, 0.05) is 11.5 Å². The van der Waals surface area contributed by atoms with E-state index < -0.39 is 72.7 Å². The Balaban J connectivity index is 1.80. The Morgan fingerprint density at radius 1 is 0.711 bits per heavy atom. The molecule has 16 heteroatoms. The smallest absolute Gasteiger partial charge is 0.329 e. The quantitative estimate of drug-likeness (QED) is 0.0597. The SMILES string of the molecule is COC(=O)CC(NC(=O)C(N)CSSCC(N)C(=O)NC(CC(=O)O)C(=O)OCc1ccccc1)C(=O)OCc1ccccc1. The second-order valence-corrected chi connectivity index (χ2v) is 12.0. The summed E-state index contributed by atoms with van der Waals surface area (Å²) < 4.78 is 15.0. The predicted molar refractivity (Wildman–Crippen MR) is 166 cm³/mol. The minimum Gasteiger partial charge on any atom is -0.481 e. The monoisotopic (exact) mass is 664 g/mol. The highest BCUT2D eigenvalue weighted by Gasteiger charge is 2.29. The van der Waals surface area contributed by atoms with Crippen molar-refractivity contribution in [3.05, 3.63) is 71.8 Å². The molecule has 0 saturated heterocycles. The molecule has 0 heterocycles. The van der Waals surface area contributed by atoms with E-state index in [1.54, 1.807) is 60.7 Å². The molecule has 0 fully saturated rings. The van der Waals surface area contributed by atoms with Gasteiger partial charge in [0.2, 0.25) is 11.8 Å². The fourth-order valence-corrected chi connectivity index (χ4v) is 5.67. The van der Waals surface area contributed by atoms with Crippen molar-refractivity contribution in [2.45, 2.75) is 50.2 Å². The lowest BCUT2D eigenvalue weighted by Crippen LogP contribution is -2.51. The molecule has 45 heavy (non-hydrogen) atoms. The zero-order valence-corrected chi connectivity index (χ0v) is 26.1. The maximum Gasteiger partial charge on any atom is 0.329 e. The molecule has 2 amide bonds. The van der Waals surface area contributed by atoms with Crippen LogP contribution in [0.1, 0.15) is 24.0 Å². The number of methoxy groups -OCH3 is 1. The zero-order chi connectivity index (χ0) is 33.2. The maximum absolute atomic E-state index is 12.7. The van der Waals surface area contributed by atoms with Crippen molar-refractivity contribution >= 4 is 57.3 Å². The Morgan fingerprint density at radius 3 is 1.49 bits per heavy atom. The number of benzene rings is 2. The number of carbonyl (C=O) groups excluding carboxylic acids is 5. The molecular formula is C29H36N4O10S2. The molecule has 0 aliphatic rings. The van der Waals surface area contributed by atoms with Crippen molar-refractivity contribution in [3.63, 3.8) is 0 Å². The van der Waals surface area contributed by atoms with Gasteiger partial charge in [-0.15, -0.1) is 0 Å². The molecule has 2 rings (SSSR count). The Kier molecular flexibility index (Phi) is 16.5. The molecule has 0 bridgehead atoms. The van der Waals surface area contributed by atoms with Crippen LogP contribution in [0, 0.1) is 0 Å². The summed E-state index contributed by atoms with van der Waals surface area (Å²) in [6.45, 7) is -0.165. The van der Waals surface area contributed by atoms with E-state index in [0.29, 0.717) is 11.1 Å². The van der Waals surface area contributed by atoms with Crippen molar-refractivity contribution in [2.24, 2.45) is 11.5 Å². The predicted octanol–water partition coefficient (Wildman–Crippen LogP) is 0.517. The van der Waals surface area contributed by atoms with E-state index in [1.807, 2.05) is 0 Å². The molecule has 244 valence electrons. The number of rotatable bonds is 19. The minimum atomic E-state index is -1.45. The lowest BCUT2D eigenvalue weighted by atomic mass is 10.2. The second-order valence-electron chi connectivity index (χ2n) is 9.47. The van der Waals surface area contributed by atoms with E-state index in [2.05, 4.69) is 15.4 Å². The molecule has 2 aromatic carbocycles. The average Bonchev–Trinajstić information content (AvgIpc) is 3.04. The summed E-state index contributed by atoms with van der Waals surface area (Å²) in [5.74, 6) is -5.24. The highest BCUT2D eigenvalue weighted by molar-refractivity contribution is 8.76. The number of hydrogen-bond acceptors (Lipinski definition) is 13. The molecule has 4 unspecified atom stereocenters. The van der Waals surface area contributed by atoms with E-state index in [9.17, 15) is 28.8 Å². The number of nitrogens with two attached hydrogens (primary N) is 2. The van der Waals surface area contributed by atoms with Gasteiger partial charge in [0.15, 0.2) is 0 Å². The molecule has 2 aromatic rings. The second kappa shape index (κ2) is 20.0. The van der Waals surface area contributed by atoms with Gasteiger partial charge in [-0.05, 0) is 11.1 Å². The Morgan fingerprint density at radius 2 is 1.11 bits per heavy atom. The van der Waals surface area contributed by atoms with Gasteiger partial charge in [-0.2, -0.15) is 0 Å². The summed E-state index contributed by atoms with van der Waals surface area (Å²) >= 11 is 0. The first-order valence-corrected chi connectivity index (χ1v) is 16.0. The summed E-state index contributed by atoms with van der Waals surface area (Å²) in [5.41, 5.74) is 13.3. The van der Waals surface area contributed by atoms with Crippen molar-refractivity contribution in [2.75, 3.05) is 18.6 Å². The number of carbonyl (C=O) groups is 6. The molecule has 0 radical (unpaired) electrons. The molecular weight excluding hydrogens is 628 g/mol. The lowest BCUT2D eigenvalue weighted by molar-refractivity contribution is -0.153. The fourth-order valence-electron chi connectivity index (χ4n) is 3.42. The largest absolute Gasteiger partial charge is 0.481 e. The highest BCUT2D eigenvalue weighted by atomic mass is 33.1. The summed E-state index contributed by atoms with van der Waals surface area (Å²) in [6, 6.07) is 12.6. The number of hydrogen-bond donors (Lipinski definition) is 5. The van der Waals surface area contributed by atoms with Crippen LogP contribution in [0.25, 0.3) is 0 Å². The zero-order valence-electron chi connectivity index (χ0n) is 24.4. The first-order valence-electron chi connectivity index (χ1n) is 13.6. The van der Waals surface area contributed by atoms with Crippen LogP contribution < -0.4 is 22.1 Å². The van der Waals surface area contributed by atoms with Gasteiger partial charge in [0.05, 0.1) is 32.0 Å². The van der Waals surface area contributed by atoms with Gasteiger partial charge in [-0.25, -0.2) is 9.59 Å². The number of esters is 3. The Labute approximate surface area is 267 Å². The third kappa shape index (κ3) is 14.5. The van der Waals surface area contributed by atoms with Crippen LogP contribution in [0.4, 0.5) is 0 Å². The number of carboxylic acid groups (broad SMARTS) is 1. The van der Waals surface area contributed by atoms with Gasteiger partial charge < -0.3 is 41.4 Å². The van der Waals surface area contributed by atoms with E-state index in [0.717, 1.165) is 28.7 Å². The van der Waals surface area contributed by atoms with Gasteiger partial charge >= 0.3 is 23.9 Å². The van der Waals surface area contributed by atoms with Crippen molar-refractivity contribution in [1.29, 1.82) is 0 Å². The summed E-state index contributed by atoms with van der Waals surface area (Å²) in [6.07, 6.45) is -1.16. The van der Waals surface area contributed by atoms with Crippen LogP contribution in [0.2, 0.25) is 0 Å². The number of amides is 2. The summed E-state index contributed by atoms with van der Waals surface area (Å²) in [5, 5.41) is 13.9. The number of aliphatic carboxylic acids is 1. The van der Waals surface area contributed by atoms with Crippen LogP contribution in [-0.4, -0.2) is 83.6 Å². The Hall–Kier alpha value is -4.12. The Bertz CT molecular complexity index is 1290. The van der Waals surface area contributed by atoms with Crippen LogP contribution >= 0.6 is 21.6 Å². The maximum atomic E-state index is 12.7. The van der Waals surface area contributed by atoms with Crippen molar-refractivity contribution < 1.29 is 48.1 Å². The van der Waals surface area contributed by atoms with E-state index in [4.69, 9.17) is 26.0 Å². The average molecular weight is 665 g/mol. The topological polar surface area (TPSA) is 226 Å². The molecule has 14 nitrogen and oxygen atoms in total. The summed E-state index contributed by atoms with van der Waals surface area (Å²) in [4.78, 5) is 73.3. The van der Waals surface area contributed by atoms with Crippen molar-refractivity contribution in [1.82, 2.24) is 10.6 Å². The van der Waals surface area contributed by atoms with Gasteiger partial charge in [0.25, 0.3) is 0 Å². The first kappa shape index (κ1) is 37.1. The third-order valence-electron chi connectivity index (χ3n) is 5.88. The van der Waals surface area contributed by atoms with E-state index in [1.165, 1.54) is 0 Å².